The molecule has 0 aromatic heterocycles. The Balaban J connectivity index is 1.61. The van der Waals surface area contributed by atoms with Crippen molar-refractivity contribution in [2.24, 2.45) is 5.10 Å². The second kappa shape index (κ2) is 9.29. The number of hydrogen-bond donors (Lipinski definition) is 0. The van der Waals surface area contributed by atoms with Gasteiger partial charge in [-0.25, -0.2) is 5.01 Å². The molecule has 3 aromatic carbocycles. The van der Waals surface area contributed by atoms with Crippen molar-refractivity contribution in [1.82, 2.24) is 5.01 Å². The van der Waals surface area contributed by atoms with Crippen LogP contribution in [0.1, 0.15) is 35.4 Å². The fourth-order valence-electron chi connectivity index (χ4n) is 4.69. The van der Waals surface area contributed by atoms with Crippen molar-refractivity contribution in [2.45, 2.75) is 18.7 Å². The highest BCUT2D eigenvalue weighted by Crippen LogP contribution is 2.49. The summed E-state index contributed by atoms with van der Waals surface area (Å²) in [6.45, 7) is 0. The minimum absolute atomic E-state index is 0.00661. The van der Waals surface area contributed by atoms with Crippen molar-refractivity contribution >= 4 is 5.71 Å². The Morgan fingerprint density at radius 2 is 1.46 bits per heavy atom. The highest BCUT2D eigenvalue weighted by molar-refractivity contribution is 6.02. The van der Waals surface area contributed by atoms with Gasteiger partial charge in [-0.1, -0.05) is 18.2 Å². The molecule has 0 N–H and O–H groups in total. The predicted octanol–water partition coefficient (Wildman–Crippen LogP) is 4.97. The maximum atomic E-state index is 6.49. The molecule has 8 heteroatoms. The molecule has 2 heterocycles. The van der Waals surface area contributed by atoms with Gasteiger partial charge in [0.25, 0.3) is 0 Å². The third-order valence-electron chi connectivity index (χ3n) is 6.39. The van der Waals surface area contributed by atoms with Gasteiger partial charge in [0.2, 0.25) is 12.0 Å². The van der Waals surface area contributed by atoms with E-state index in [1.165, 1.54) is 0 Å². The van der Waals surface area contributed by atoms with Crippen molar-refractivity contribution in [3.63, 3.8) is 0 Å². The van der Waals surface area contributed by atoms with Crippen LogP contribution in [-0.2, 0) is 0 Å². The molecule has 0 saturated heterocycles. The lowest BCUT2D eigenvalue weighted by Crippen LogP contribution is -2.33. The first-order chi connectivity index (χ1) is 17.1. The molecule has 0 amide bonds. The van der Waals surface area contributed by atoms with Crippen LogP contribution in [0.2, 0.25) is 0 Å². The molecule has 35 heavy (non-hydrogen) atoms. The van der Waals surface area contributed by atoms with E-state index in [2.05, 4.69) is 6.07 Å². The van der Waals surface area contributed by atoms with Crippen LogP contribution in [0.5, 0.6) is 34.5 Å². The molecule has 0 spiro atoms. The molecule has 0 fully saturated rings. The van der Waals surface area contributed by atoms with E-state index in [0.29, 0.717) is 28.7 Å². The topological polar surface area (TPSA) is 71.0 Å². The molecular formula is C27H28N2O6. The van der Waals surface area contributed by atoms with Gasteiger partial charge in [-0.15, -0.1) is 0 Å². The number of para-hydroxylation sites is 1. The van der Waals surface area contributed by atoms with E-state index in [1.54, 1.807) is 35.5 Å². The molecule has 3 aromatic rings. The zero-order chi connectivity index (χ0) is 24.5. The van der Waals surface area contributed by atoms with E-state index >= 15 is 0 Å². The molecule has 2 aliphatic rings. The lowest BCUT2D eigenvalue weighted by molar-refractivity contribution is -0.0192. The van der Waals surface area contributed by atoms with Crippen molar-refractivity contribution in [1.29, 1.82) is 0 Å². The van der Waals surface area contributed by atoms with E-state index in [4.69, 9.17) is 33.5 Å². The Morgan fingerprint density at radius 1 is 0.771 bits per heavy atom. The fraction of sp³-hybridized carbons (Fsp3) is 0.296. The van der Waals surface area contributed by atoms with Crippen LogP contribution in [0, 0.1) is 0 Å². The number of rotatable bonds is 7. The second-order valence-corrected chi connectivity index (χ2v) is 8.18. The highest BCUT2D eigenvalue weighted by atomic mass is 16.5. The van der Waals surface area contributed by atoms with Crippen molar-refractivity contribution < 1.29 is 28.4 Å². The molecule has 182 valence electrons. The molecule has 0 radical (unpaired) electrons. The number of fused-ring (bicyclic) bond motifs is 3. The number of ether oxygens (including phenoxy) is 6. The van der Waals surface area contributed by atoms with E-state index in [1.807, 2.05) is 53.5 Å². The summed E-state index contributed by atoms with van der Waals surface area (Å²) in [5.74, 6) is 3.82. The smallest absolute Gasteiger partial charge is 0.214 e. The quantitative estimate of drug-likeness (QED) is 0.477. The van der Waals surface area contributed by atoms with E-state index in [0.717, 1.165) is 34.6 Å². The van der Waals surface area contributed by atoms with Gasteiger partial charge in [0.05, 0.1) is 47.3 Å². The van der Waals surface area contributed by atoms with Crippen LogP contribution in [0.25, 0.3) is 0 Å². The summed E-state index contributed by atoms with van der Waals surface area (Å²) >= 11 is 0. The average Bonchev–Trinajstić information content (AvgIpc) is 3.37. The molecule has 0 bridgehead atoms. The Labute approximate surface area is 204 Å². The predicted molar refractivity (Wildman–Crippen MR) is 131 cm³/mol. The van der Waals surface area contributed by atoms with Crippen LogP contribution in [0.4, 0.5) is 0 Å². The first-order valence-electron chi connectivity index (χ1n) is 11.3. The summed E-state index contributed by atoms with van der Waals surface area (Å²) in [5, 5.41) is 7.05. The first-order valence-corrected chi connectivity index (χ1v) is 11.3. The zero-order valence-electron chi connectivity index (χ0n) is 20.4. The van der Waals surface area contributed by atoms with Crippen LogP contribution in [0.15, 0.2) is 59.7 Å². The summed E-state index contributed by atoms with van der Waals surface area (Å²) in [6.07, 6.45) is 0.234. The van der Waals surface area contributed by atoms with Gasteiger partial charge in [-0.2, -0.15) is 5.10 Å². The van der Waals surface area contributed by atoms with Crippen LogP contribution in [-0.4, -0.2) is 46.3 Å². The maximum Gasteiger partial charge on any atom is 0.214 e. The molecule has 2 aliphatic heterocycles. The van der Waals surface area contributed by atoms with E-state index in [-0.39, 0.29) is 6.04 Å². The minimum atomic E-state index is -0.485. The lowest BCUT2D eigenvalue weighted by Gasteiger charge is -2.38. The van der Waals surface area contributed by atoms with Gasteiger partial charge < -0.3 is 28.4 Å². The standard InChI is InChI=1S/C27H28N2O6/c1-30-22-11-10-16(12-23(22)31-2)19-15-20-18-8-6-7-9-21(18)35-27(29(20)28-19)17-13-24(32-3)26(34-5)25(14-17)33-4/h6-14,20,27H,15H2,1-5H3/t20-,27+/m1/s1. The monoisotopic (exact) mass is 476 g/mol. The Hall–Kier alpha value is -4.07. The van der Waals surface area contributed by atoms with Crippen molar-refractivity contribution in [3.8, 4) is 34.5 Å². The maximum absolute atomic E-state index is 6.49. The SMILES string of the molecule is COc1ccc(C2=NN3[C@H](C2)c2ccccc2O[C@H]3c2cc(OC)c(OC)c(OC)c2)cc1OC. The van der Waals surface area contributed by atoms with E-state index < -0.39 is 6.23 Å². The Bertz CT molecular complexity index is 1250. The van der Waals surface area contributed by atoms with E-state index in [9.17, 15) is 0 Å². The van der Waals surface area contributed by atoms with Crippen molar-refractivity contribution in [2.75, 3.05) is 35.5 Å². The summed E-state index contributed by atoms with van der Waals surface area (Å²) in [4.78, 5) is 0. The van der Waals surface area contributed by atoms with Gasteiger partial charge in [-0.05, 0) is 36.4 Å². The molecule has 2 atom stereocenters. The number of hydrazone groups is 1. The van der Waals surface area contributed by atoms with Crippen LogP contribution in [0.3, 0.4) is 0 Å². The molecule has 0 aliphatic carbocycles. The van der Waals surface area contributed by atoms with Gasteiger partial charge >= 0.3 is 0 Å². The third kappa shape index (κ3) is 3.84. The number of hydrogen-bond acceptors (Lipinski definition) is 8. The molecule has 8 nitrogen and oxygen atoms in total. The summed E-state index contributed by atoms with van der Waals surface area (Å²) in [5.41, 5.74) is 3.85. The molecule has 0 unspecified atom stereocenters. The minimum Gasteiger partial charge on any atom is -0.493 e. The number of benzene rings is 3. The molecule has 5 rings (SSSR count). The van der Waals surface area contributed by atoms with Gasteiger partial charge in [0, 0.05) is 23.1 Å². The normalized spacial score (nSPS) is 18.1. The average molecular weight is 477 g/mol. The summed E-state index contributed by atoms with van der Waals surface area (Å²) in [6, 6.07) is 17.7. The lowest BCUT2D eigenvalue weighted by atomic mass is 9.95. The number of methoxy groups -OCH3 is 5. The second-order valence-electron chi connectivity index (χ2n) is 8.18. The summed E-state index contributed by atoms with van der Waals surface area (Å²) < 4.78 is 34.1. The third-order valence-corrected chi connectivity index (χ3v) is 6.39. The first kappa shape index (κ1) is 22.7. The molecular weight excluding hydrogens is 448 g/mol. The fourth-order valence-corrected chi connectivity index (χ4v) is 4.69. The van der Waals surface area contributed by atoms with Crippen LogP contribution < -0.4 is 28.4 Å². The van der Waals surface area contributed by atoms with Crippen LogP contribution >= 0.6 is 0 Å². The van der Waals surface area contributed by atoms with Gasteiger partial charge in [0.1, 0.15) is 5.75 Å². The molecule has 0 saturated carbocycles. The summed E-state index contributed by atoms with van der Waals surface area (Å²) in [7, 11) is 8.05. The highest BCUT2D eigenvalue weighted by Gasteiger charge is 2.41. The zero-order valence-corrected chi connectivity index (χ0v) is 20.4. The Kier molecular flexibility index (Phi) is 6.03. The van der Waals surface area contributed by atoms with Gasteiger partial charge in [-0.3, -0.25) is 0 Å². The Morgan fingerprint density at radius 3 is 2.11 bits per heavy atom. The van der Waals surface area contributed by atoms with Gasteiger partial charge in [0.15, 0.2) is 23.0 Å². The van der Waals surface area contributed by atoms with Crippen molar-refractivity contribution in [3.05, 3.63) is 71.3 Å². The number of nitrogens with zero attached hydrogens (tertiary/aromatic N) is 2. The largest absolute Gasteiger partial charge is 0.493 e.